The maximum atomic E-state index is 14.0. The molecule has 150 valence electrons. The Labute approximate surface area is 170 Å². The van der Waals surface area contributed by atoms with Gasteiger partial charge < -0.3 is 19.9 Å². The summed E-state index contributed by atoms with van der Waals surface area (Å²) < 4.78 is 19.7. The van der Waals surface area contributed by atoms with E-state index in [-0.39, 0.29) is 5.82 Å². The third-order valence-corrected chi connectivity index (χ3v) is 4.85. The fourth-order valence-electron chi connectivity index (χ4n) is 3.42. The zero-order chi connectivity index (χ0) is 20.1. The van der Waals surface area contributed by atoms with Gasteiger partial charge in [0.1, 0.15) is 17.4 Å². The Morgan fingerprint density at radius 1 is 0.966 bits per heavy atom. The third-order valence-electron chi connectivity index (χ3n) is 4.85. The van der Waals surface area contributed by atoms with Crippen molar-refractivity contribution in [1.82, 2.24) is 9.97 Å². The van der Waals surface area contributed by atoms with Gasteiger partial charge in [0.05, 0.1) is 18.0 Å². The van der Waals surface area contributed by atoms with E-state index < -0.39 is 0 Å². The SMILES string of the molecule is CCOc1ccccc1Nc1ccnc(N2CCN(c3ccccc3F)CC2)n1. The van der Waals surface area contributed by atoms with Crippen LogP contribution in [-0.2, 0) is 0 Å². The second-order valence-electron chi connectivity index (χ2n) is 6.72. The van der Waals surface area contributed by atoms with Gasteiger partial charge in [0.25, 0.3) is 0 Å². The molecule has 0 amide bonds. The maximum Gasteiger partial charge on any atom is 0.227 e. The largest absolute Gasteiger partial charge is 0.492 e. The highest BCUT2D eigenvalue weighted by Gasteiger charge is 2.21. The summed E-state index contributed by atoms with van der Waals surface area (Å²) in [5.74, 6) is 1.97. The molecule has 0 spiro atoms. The quantitative estimate of drug-likeness (QED) is 0.681. The number of hydrogen-bond donors (Lipinski definition) is 1. The normalized spacial score (nSPS) is 14.0. The van der Waals surface area contributed by atoms with E-state index in [0.29, 0.717) is 24.1 Å². The monoisotopic (exact) mass is 393 g/mol. The summed E-state index contributed by atoms with van der Waals surface area (Å²) in [5.41, 5.74) is 1.51. The topological polar surface area (TPSA) is 53.5 Å². The Hall–Kier alpha value is -3.35. The van der Waals surface area contributed by atoms with E-state index in [9.17, 15) is 4.39 Å². The van der Waals surface area contributed by atoms with Gasteiger partial charge in [0, 0.05) is 32.4 Å². The Morgan fingerprint density at radius 3 is 2.48 bits per heavy atom. The van der Waals surface area contributed by atoms with Crippen LogP contribution in [0.4, 0.5) is 27.5 Å². The molecule has 0 saturated carbocycles. The first-order valence-corrected chi connectivity index (χ1v) is 9.81. The number of rotatable bonds is 6. The Balaban J connectivity index is 1.44. The molecule has 1 fully saturated rings. The average Bonchev–Trinajstić information content (AvgIpc) is 2.76. The van der Waals surface area contributed by atoms with Crippen molar-refractivity contribution in [2.45, 2.75) is 6.92 Å². The summed E-state index contributed by atoms with van der Waals surface area (Å²) in [6.07, 6.45) is 1.75. The standard InChI is InChI=1S/C22H24FN5O/c1-2-29-20-10-6-4-8-18(20)25-21-11-12-24-22(26-21)28-15-13-27(14-16-28)19-9-5-3-7-17(19)23/h3-12H,2,13-16H2,1H3,(H,24,25,26). The van der Waals surface area contributed by atoms with Crippen LogP contribution in [-0.4, -0.2) is 42.8 Å². The molecule has 2 aromatic carbocycles. The molecule has 0 radical (unpaired) electrons. The molecule has 1 N–H and O–H groups in total. The van der Waals surface area contributed by atoms with Gasteiger partial charge >= 0.3 is 0 Å². The van der Waals surface area contributed by atoms with Gasteiger partial charge in [-0.1, -0.05) is 24.3 Å². The van der Waals surface area contributed by atoms with E-state index in [1.165, 1.54) is 6.07 Å². The number of aromatic nitrogens is 2. The number of nitrogens with zero attached hydrogens (tertiary/aromatic N) is 4. The highest BCUT2D eigenvalue weighted by Crippen LogP contribution is 2.27. The number of ether oxygens (including phenoxy) is 1. The lowest BCUT2D eigenvalue weighted by atomic mass is 10.2. The first-order valence-electron chi connectivity index (χ1n) is 9.81. The maximum absolute atomic E-state index is 14.0. The van der Waals surface area contributed by atoms with E-state index >= 15 is 0 Å². The molecule has 4 rings (SSSR count). The Bertz CT molecular complexity index is 959. The van der Waals surface area contributed by atoms with Crippen LogP contribution < -0.4 is 19.9 Å². The van der Waals surface area contributed by atoms with Crippen molar-refractivity contribution in [2.75, 3.05) is 47.9 Å². The van der Waals surface area contributed by atoms with Crippen molar-refractivity contribution < 1.29 is 9.13 Å². The predicted octanol–water partition coefficient (Wildman–Crippen LogP) is 4.08. The molecule has 1 saturated heterocycles. The lowest BCUT2D eigenvalue weighted by Crippen LogP contribution is -2.47. The molecule has 1 aliphatic rings. The van der Waals surface area contributed by atoms with Crippen molar-refractivity contribution >= 4 is 23.1 Å². The van der Waals surface area contributed by atoms with Gasteiger partial charge in [-0.05, 0) is 37.3 Å². The molecule has 7 heteroatoms. The number of benzene rings is 2. The number of halogens is 1. The van der Waals surface area contributed by atoms with Crippen molar-refractivity contribution in [3.05, 3.63) is 66.6 Å². The molecule has 1 aliphatic heterocycles. The van der Waals surface area contributed by atoms with Crippen LogP contribution in [0.3, 0.4) is 0 Å². The molecular formula is C22H24FN5O. The van der Waals surface area contributed by atoms with Crippen molar-refractivity contribution in [3.63, 3.8) is 0 Å². The minimum atomic E-state index is -0.184. The Morgan fingerprint density at radius 2 is 1.69 bits per heavy atom. The van der Waals surface area contributed by atoms with E-state index in [1.807, 2.05) is 49.4 Å². The lowest BCUT2D eigenvalue weighted by Gasteiger charge is -2.36. The second kappa shape index (κ2) is 8.77. The molecule has 1 aromatic heterocycles. The molecule has 2 heterocycles. The van der Waals surface area contributed by atoms with Crippen LogP contribution in [0, 0.1) is 5.82 Å². The number of piperazine rings is 1. The summed E-state index contributed by atoms with van der Waals surface area (Å²) >= 11 is 0. The van der Waals surface area contributed by atoms with Gasteiger partial charge in [-0.2, -0.15) is 4.98 Å². The number of hydrogen-bond acceptors (Lipinski definition) is 6. The minimum absolute atomic E-state index is 0.184. The predicted molar refractivity (Wildman–Crippen MR) is 114 cm³/mol. The van der Waals surface area contributed by atoms with Crippen LogP contribution in [0.15, 0.2) is 60.8 Å². The fraction of sp³-hybridized carbons (Fsp3) is 0.273. The third kappa shape index (κ3) is 4.39. The summed E-state index contributed by atoms with van der Waals surface area (Å²) in [6.45, 7) is 5.45. The van der Waals surface area contributed by atoms with Crippen molar-refractivity contribution in [2.24, 2.45) is 0 Å². The van der Waals surface area contributed by atoms with Gasteiger partial charge in [0.15, 0.2) is 0 Å². The molecular weight excluding hydrogens is 369 g/mol. The summed E-state index contributed by atoms with van der Waals surface area (Å²) in [6, 6.07) is 16.5. The van der Waals surface area contributed by atoms with Crippen LogP contribution in [0.2, 0.25) is 0 Å². The van der Waals surface area contributed by atoms with E-state index in [2.05, 4.69) is 25.1 Å². The number of anilines is 4. The zero-order valence-electron chi connectivity index (χ0n) is 16.4. The molecule has 0 atom stereocenters. The first-order chi connectivity index (χ1) is 14.2. The van der Waals surface area contributed by atoms with Crippen molar-refractivity contribution in [3.8, 4) is 5.75 Å². The number of nitrogens with one attached hydrogen (secondary N) is 1. The van der Waals surface area contributed by atoms with Crippen LogP contribution in [0.5, 0.6) is 5.75 Å². The minimum Gasteiger partial charge on any atom is -0.492 e. The first kappa shape index (κ1) is 19.0. The molecule has 0 bridgehead atoms. The molecule has 3 aromatic rings. The van der Waals surface area contributed by atoms with Gasteiger partial charge in [-0.25, -0.2) is 9.37 Å². The van der Waals surface area contributed by atoms with Crippen LogP contribution >= 0.6 is 0 Å². The second-order valence-corrected chi connectivity index (χ2v) is 6.72. The molecule has 29 heavy (non-hydrogen) atoms. The average molecular weight is 393 g/mol. The number of para-hydroxylation sites is 3. The van der Waals surface area contributed by atoms with E-state index in [0.717, 1.165) is 37.6 Å². The smallest absolute Gasteiger partial charge is 0.227 e. The van der Waals surface area contributed by atoms with Crippen LogP contribution in [0.25, 0.3) is 0 Å². The zero-order valence-corrected chi connectivity index (χ0v) is 16.4. The van der Waals surface area contributed by atoms with E-state index in [1.54, 1.807) is 12.3 Å². The summed E-state index contributed by atoms with van der Waals surface area (Å²) in [4.78, 5) is 13.3. The molecule has 6 nitrogen and oxygen atoms in total. The lowest BCUT2D eigenvalue weighted by molar-refractivity contribution is 0.342. The van der Waals surface area contributed by atoms with Gasteiger partial charge in [-0.3, -0.25) is 0 Å². The summed E-state index contributed by atoms with van der Waals surface area (Å²) in [5, 5.41) is 3.32. The molecule has 0 aliphatic carbocycles. The van der Waals surface area contributed by atoms with Gasteiger partial charge in [0.2, 0.25) is 5.95 Å². The van der Waals surface area contributed by atoms with Crippen LogP contribution in [0.1, 0.15) is 6.92 Å². The van der Waals surface area contributed by atoms with Gasteiger partial charge in [-0.15, -0.1) is 0 Å². The molecule has 0 unspecified atom stereocenters. The Kier molecular flexibility index (Phi) is 5.74. The summed E-state index contributed by atoms with van der Waals surface area (Å²) in [7, 11) is 0. The highest BCUT2D eigenvalue weighted by molar-refractivity contribution is 5.64. The van der Waals surface area contributed by atoms with Crippen molar-refractivity contribution in [1.29, 1.82) is 0 Å². The fourth-order valence-corrected chi connectivity index (χ4v) is 3.42. The van der Waals surface area contributed by atoms with E-state index in [4.69, 9.17) is 4.74 Å². The highest BCUT2D eigenvalue weighted by atomic mass is 19.1.